The first-order valence-electron chi connectivity index (χ1n) is 7.29. The fraction of sp³-hybridized carbons (Fsp3) is 0.600. The van der Waals surface area contributed by atoms with Crippen molar-refractivity contribution >= 4 is 5.69 Å². The summed E-state index contributed by atoms with van der Waals surface area (Å²) in [6, 6.07) is 4.73. The molecule has 6 heteroatoms. The second-order valence-electron chi connectivity index (χ2n) is 5.45. The Labute approximate surface area is 124 Å². The first-order chi connectivity index (χ1) is 10.1. The molecule has 21 heavy (non-hydrogen) atoms. The highest BCUT2D eigenvalue weighted by atomic mass is 16.6. The molecule has 1 saturated carbocycles. The van der Waals surface area contributed by atoms with Crippen LogP contribution in [0, 0.1) is 10.1 Å². The van der Waals surface area contributed by atoms with Crippen LogP contribution in [0.1, 0.15) is 37.7 Å². The molecule has 2 N–H and O–H groups in total. The summed E-state index contributed by atoms with van der Waals surface area (Å²) in [6.07, 6.45) is 5.41. The number of nitro benzene ring substituents is 1. The van der Waals surface area contributed by atoms with Crippen LogP contribution in [0.2, 0.25) is 0 Å². The van der Waals surface area contributed by atoms with Crippen molar-refractivity contribution in [3.8, 4) is 5.75 Å². The number of hydrogen-bond acceptors (Lipinski definition) is 5. The lowest BCUT2D eigenvalue weighted by molar-refractivity contribution is -0.385. The van der Waals surface area contributed by atoms with Crippen molar-refractivity contribution in [2.24, 2.45) is 5.73 Å². The van der Waals surface area contributed by atoms with E-state index in [0.29, 0.717) is 12.4 Å². The maximum Gasteiger partial charge on any atom is 0.273 e. The third-order valence-corrected chi connectivity index (χ3v) is 3.87. The normalized spacial score (nSPS) is 22.6. The quantitative estimate of drug-likeness (QED) is 0.512. The lowest BCUT2D eigenvalue weighted by Gasteiger charge is -2.22. The van der Waals surface area contributed by atoms with Crippen molar-refractivity contribution in [1.82, 2.24) is 0 Å². The number of nitrogens with two attached hydrogens (primary N) is 1. The third-order valence-electron chi connectivity index (χ3n) is 3.87. The summed E-state index contributed by atoms with van der Waals surface area (Å²) < 4.78 is 11.0. The van der Waals surface area contributed by atoms with Crippen molar-refractivity contribution in [2.45, 2.75) is 50.9 Å². The van der Waals surface area contributed by atoms with Crippen LogP contribution < -0.4 is 10.5 Å². The zero-order chi connectivity index (χ0) is 15.2. The molecule has 1 aromatic carbocycles. The molecule has 0 radical (unpaired) electrons. The van der Waals surface area contributed by atoms with Gasteiger partial charge in [-0.25, -0.2) is 0 Å². The van der Waals surface area contributed by atoms with Gasteiger partial charge in [-0.15, -0.1) is 0 Å². The van der Waals surface area contributed by atoms with Crippen LogP contribution >= 0.6 is 0 Å². The summed E-state index contributed by atoms with van der Waals surface area (Å²) in [6.45, 7) is 0.316. The zero-order valence-electron chi connectivity index (χ0n) is 12.3. The van der Waals surface area contributed by atoms with E-state index in [4.69, 9.17) is 15.2 Å². The summed E-state index contributed by atoms with van der Waals surface area (Å²) in [7, 11) is 1.49. The van der Waals surface area contributed by atoms with Gasteiger partial charge in [-0.05, 0) is 24.5 Å². The number of benzene rings is 1. The lowest BCUT2D eigenvalue weighted by Crippen LogP contribution is -2.35. The fourth-order valence-electron chi connectivity index (χ4n) is 2.66. The average Bonchev–Trinajstić information content (AvgIpc) is 2.69. The van der Waals surface area contributed by atoms with Crippen molar-refractivity contribution < 1.29 is 14.4 Å². The predicted molar refractivity (Wildman–Crippen MR) is 79.3 cm³/mol. The highest BCUT2D eigenvalue weighted by Crippen LogP contribution is 2.25. The number of hydrogen-bond donors (Lipinski definition) is 1. The monoisotopic (exact) mass is 294 g/mol. The van der Waals surface area contributed by atoms with Gasteiger partial charge in [0.15, 0.2) is 0 Å². The van der Waals surface area contributed by atoms with E-state index < -0.39 is 4.92 Å². The van der Waals surface area contributed by atoms with E-state index in [0.717, 1.165) is 31.2 Å². The van der Waals surface area contributed by atoms with Gasteiger partial charge < -0.3 is 15.2 Å². The van der Waals surface area contributed by atoms with Crippen molar-refractivity contribution in [3.63, 3.8) is 0 Å². The molecule has 2 atom stereocenters. The van der Waals surface area contributed by atoms with E-state index >= 15 is 0 Å². The minimum atomic E-state index is -0.427. The number of ether oxygens (including phenoxy) is 2. The van der Waals surface area contributed by atoms with Crippen LogP contribution in [0.25, 0.3) is 0 Å². The SMILES string of the molecule is COc1cc(COC2CCCCCC2N)cc([N+](=O)[O-])c1. The molecule has 116 valence electrons. The Morgan fingerprint density at radius 1 is 1.29 bits per heavy atom. The van der Waals surface area contributed by atoms with Gasteiger partial charge in [-0.2, -0.15) is 0 Å². The van der Waals surface area contributed by atoms with Crippen molar-refractivity contribution in [2.75, 3.05) is 7.11 Å². The Morgan fingerprint density at radius 3 is 2.76 bits per heavy atom. The third kappa shape index (κ3) is 4.41. The molecule has 6 nitrogen and oxygen atoms in total. The number of methoxy groups -OCH3 is 1. The van der Waals surface area contributed by atoms with Gasteiger partial charge in [0.1, 0.15) is 5.75 Å². The molecule has 0 heterocycles. The topological polar surface area (TPSA) is 87.6 Å². The van der Waals surface area contributed by atoms with Crippen LogP contribution in [-0.2, 0) is 11.3 Å². The molecule has 1 aromatic rings. The lowest BCUT2D eigenvalue weighted by atomic mass is 10.1. The molecule has 2 rings (SSSR count). The van der Waals surface area contributed by atoms with Crippen LogP contribution in [0.5, 0.6) is 5.75 Å². The maximum absolute atomic E-state index is 10.9. The van der Waals surface area contributed by atoms with Crippen molar-refractivity contribution in [1.29, 1.82) is 0 Å². The zero-order valence-corrected chi connectivity index (χ0v) is 12.3. The van der Waals surface area contributed by atoms with Crippen LogP contribution in [-0.4, -0.2) is 24.2 Å². The Balaban J connectivity index is 2.04. The Kier molecular flexibility index (Phi) is 5.52. The summed E-state index contributed by atoms with van der Waals surface area (Å²) in [5.74, 6) is 0.466. The second kappa shape index (κ2) is 7.38. The van der Waals surface area contributed by atoms with E-state index in [1.165, 1.54) is 25.7 Å². The number of nitrogens with zero attached hydrogens (tertiary/aromatic N) is 1. The largest absolute Gasteiger partial charge is 0.496 e. The highest BCUT2D eigenvalue weighted by Gasteiger charge is 2.21. The molecule has 1 aliphatic carbocycles. The smallest absolute Gasteiger partial charge is 0.273 e. The van der Waals surface area contributed by atoms with E-state index in [1.54, 1.807) is 6.07 Å². The standard InChI is InChI=1S/C15H22N2O4/c1-20-13-8-11(7-12(9-13)17(18)19)10-21-15-6-4-2-3-5-14(15)16/h7-9,14-15H,2-6,10,16H2,1H3. The molecule has 0 aromatic heterocycles. The maximum atomic E-state index is 10.9. The molecule has 1 aliphatic rings. The van der Waals surface area contributed by atoms with Gasteiger partial charge in [0, 0.05) is 12.1 Å². The number of rotatable bonds is 5. The van der Waals surface area contributed by atoms with Gasteiger partial charge in [0.2, 0.25) is 0 Å². The molecule has 1 fully saturated rings. The Bertz CT molecular complexity index is 493. The molecular formula is C15H22N2O4. The molecular weight excluding hydrogens is 272 g/mol. The Hall–Kier alpha value is -1.66. The van der Waals surface area contributed by atoms with E-state index in [1.807, 2.05) is 0 Å². The van der Waals surface area contributed by atoms with Gasteiger partial charge in [0.05, 0.1) is 30.8 Å². The highest BCUT2D eigenvalue weighted by molar-refractivity contribution is 5.42. The van der Waals surface area contributed by atoms with Gasteiger partial charge >= 0.3 is 0 Å². The van der Waals surface area contributed by atoms with Gasteiger partial charge in [-0.3, -0.25) is 10.1 Å². The molecule has 2 unspecified atom stereocenters. The van der Waals surface area contributed by atoms with E-state index in [-0.39, 0.29) is 17.8 Å². The first-order valence-corrected chi connectivity index (χ1v) is 7.29. The molecule has 0 bridgehead atoms. The number of nitro groups is 1. The van der Waals surface area contributed by atoms with Gasteiger partial charge in [-0.1, -0.05) is 19.3 Å². The van der Waals surface area contributed by atoms with Gasteiger partial charge in [0.25, 0.3) is 5.69 Å². The van der Waals surface area contributed by atoms with Crippen LogP contribution in [0.3, 0.4) is 0 Å². The predicted octanol–water partition coefficient (Wildman–Crippen LogP) is 2.78. The van der Waals surface area contributed by atoms with E-state index in [9.17, 15) is 10.1 Å². The second-order valence-corrected chi connectivity index (χ2v) is 5.45. The Morgan fingerprint density at radius 2 is 2.05 bits per heavy atom. The molecule has 0 amide bonds. The summed E-state index contributed by atoms with van der Waals surface area (Å²) >= 11 is 0. The molecule has 0 aliphatic heterocycles. The van der Waals surface area contributed by atoms with Crippen molar-refractivity contribution in [3.05, 3.63) is 33.9 Å². The minimum Gasteiger partial charge on any atom is -0.496 e. The average molecular weight is 294 g/mol. The van der Waals surface area contributed by atoms with E-state index in [2.05, 4.69) is 0 Å². The molecule has 0 saturated heterocycles. The van der Waals surface area contributed by atoms with Crippen LogP contribution in [0.4, 0.5) is 5.69 Å². The summed E-state index contributed by atoms with van der Waals surface area (Å²) in [5, 5.41) is 10.9. The molecule has 0 spiro atoms. The van der Waals surface area contributed by atoms with Crippen LogP contribution in [0.15, 0.2) is 18.2 Å². The first kappa shape index (κ1) is 15.7. The summed E-state index contributed by atoms with van der Waals surface area (Å²) in [5.41, 5.74) is 6.87. The number of non-ortho nitro benzene ring substituents is 1. The summed E-state index contributed by atoms with van der Waals surface area (Å²) in [4.78, 5) is 10.5. The minimum absolute atomic E-state index is 0.0121. The fourth-order valence-corrected chi connectivity index (χ4v) is 2.66.